The fourth-order valence-electron chi connectivity index (χ4n) is 1.65. The number of sulfone groups is 1. The number of hydrogen-bond donors (Lipinski definition) is 1. The van der Waals surface area contributed by atoms with Crippen molar-refractivity contribution < 1.29 is 8.42 Å². The molecule has 0 saturated carbocycles. The molecule has 1 aromatic rings. The summed E-state index contributed by atoms with van der Waals surface area (Å²) in [4.78, 5) is 0.426. The Morgan fingerprint density at radius 1 is 1.11 bits per heavy atom. The van der Waals surface area contributed by atoms with Gasteiger partial charge in [-0.25, -0.2) is 8.42 Å². The largest absolute Gasteiger partial charge is 0.317 e. The Labute approximate surface area is 111 Å². The molecule has 18 heavy (non-hydrogen) atoms. The van der Waals surface area contributed by atoms with Crippen LogP contribution < -0.4 is 5.32 Å². The molecule has 3 nitrogen and oxygen atoms in total. The maximum absolute atomic E-state index is 12.1. The van der Waals surface area contributed by atoms with E-state index in [1.165, 1.54) is 0 Å². The van der Waals surface area contributed by atoms with E-state index in [1.54, 1.807) is 12.1 Å². The highest BCUT2D eigenvalue weighted by atomic mass is 32.2. The first-order valence-corrected chi connectivity index (χ1v) is 8.02. The average molecular weight is 269 g/mol. The zero-order valence-electron chi connectivity index (χ0n) is 11.6. The molecule has 0 saturated heterocycles. The maximum atomic E-state index is 12.1. The molecule has 0 heterocycles. The highest BCUT2D eigenvalue weighted by Gasteiger charge is 2.15. The van der Waals surface area contributed by atoms with Crippen molar-refractivity contribution in [1.29, 1.82) is 0 Å². The molecule has 0 amide bonds. The second-order valence-corrected chi connectivity index (χ2v) is 7.13. The summed E-state index contributed by atoms with van der Waals surface area (Å²) in [5.74, 6) is 0.613. The Hall–Kier alpha value is -0.870. The molecule has 0 aliphatic carbocycles. The van der Waals surface area contributed by atoms with Gasteiger partial charge in [-0.15, -0.1) is 0 Å². The minimum atomic E-state index is -3.15. The normalized spacial score (nSPS) is 13.8. The summed E-state index contributed by atoms with van der Waals surface area (Å²) in [5, 5.41) is 3.05. The van der Waals surface area contributed by atoms with Gasteiger partial charge < -0.3 is 5.32 Å². The van der Waals surface area contributed by atoms with Gasteiger partial charge in [-0.3, -0.25) is 0 Å². The van der Waals surface area contributed by atoms with Gasteiger partial charge in [-0.2, -0.15) is 0 Å². The Balaban J connectivity index is 2.79. The number of nitrogens with one attached hydrogen (secondary N) is 1. The number of rotatable bonds is 6. The first-order valence-electron chi connectivity index (χ1n) is 6.37. The van der Waals surface area contributed by atoms with E-state index in [0.717, 1.165) is 5.56 Å². The summed E-state index contributed by atoms with van der Waals surface area (Å²) >= 11 is 0. The van der Waals surface area contributed by atoms with Crippen LogP contribution in [-0.2, 0) is 9.84 Å². The van der Waals surface area contributed by atoms with E-state index in [2.05, 4.69) is 19.2 Å². The van der Waals surface area contributed by atoms with Gasteiger partial charge in [0, 0.05) is 6.04 Å². The van der Waals surface area contributed by atoms with E-state index in [1.807, 2.05) is 26.1 Å². The van der Waals surface area contributed by atoms with Gasteiger partial charge in [0.05, 0.1) is 10.6 Å². The van der Waals surface area contributed by atoms with Crippen LogP contribution in [-0.4, -0.2) is 27.3 Å². The van der Waals surface area contributed by atoms with E-state index in [9.17, 15) is 8.42 Å². The van der Waals surface area contributed by atoms with Crippen molar-refractivity contribution in [2.45, 2.75) is 44.0 Å². The summed E-state index contributed by atoms with van der Waals surface area (Å²) in [6.45, 7) is 6.17. The lowest BCUT2D eigenvalue weighted by Crippen LogP contribution is -2.24. The van der Waals surface area contributed by atoms with Gasteiger partial charge in [0.25, 0.3) is 0 Å². The molecular weight excluding hydrogens is 246 g/mol. The first kappa shape index (κ1) is 15.2. The topological polar surface area (TPSA) is 46.2 Å². The van der Waals surface area contributed by atoms with E-state index < -0.39 is 9.84 Å². The van der Waals surface area contributed by atoms with Crippen LogP contribution in [0.15, 0.2) is 29.2 Å². The van der Waals surface area contributed by atoms with Crippen molar-refractivity contribution in [3.8, 4) is 0 Å². The second kappa shape index (κ2) is 6.34. The van der Waals surface area contributed by atoms with Crippen molar-refractivity contribution in [2.24, 2.45) is 0 Å². The van der Waals surface area contributed by atoms with Crippen LogP contribution in [0.2, 0.25) is 0 Å². The molecule has 1 aromatic carbocycles. The number of benzene rings is 1. The minimum absolute atomic E-state index is 0.191. The smallest absolute Gasteiger partial charge is 0.178 e. The third kappa shape index (κ3) is 4.10. The maximum Gasteiger partial charge on any atom is 0.178 e. The van der Waals surface area contributed by atoms with E-state index in [-0.39, 0.29) is 11.8 Å². The fraction of sp³-hybridized carbons (Fsp3) is 0.571. The predicted octanol–water partition coefficient (Wildman–Crippen LogP) is 2.58. The lowest BCUT2D eigenvalue weighted by molar-refractivity contribution is 0.565. The summed E-state index contributed by atoms with van der Waals surface area (Å²) in [6, 6.07) is 7.45. The zero-order valence-corrected chi connectivity index (χ0v) is 12.4. The van der Waals surface area contributed by atoms with Crippen LogP contribution in [0.5, 0.6) is 0 Å². The monoisotopic (exact) mass is 269 g/mol. The highest BCUT2D eigenvalue weighted by Crippen LogP contribution is 2.18. The Kier molecular flexibility index (Phi) is 5.35. The molecule has 0 bridgehead atoms. The van der Waals surface area contributed by atoms with Crippen LogP contribution in [0.4, 0.5) is 0 Å². The van der Waals surface area contributed by atoms with Gasteiger partial charge in [-0.05, 0) is 44.0 Å². The van der Waals surface area contributed by atoms with E-state index in [4.69, 9.17) is 0 Å². The summed E-state index contributed by atoms with van der Waals surface area (Å²) in [5.41, 5.74) is 1.16. The standard InChI is InChI=1S/C14H23NO2S/c1-11(2)13-5-7-14(8-6-13)18(16,17)10-9-12(3)15-4/h5-8,11-12,15H,9-10H2,1-4H3. The lowest BCUT2D eigenvalue weighted by atomic mass is 10.0. The molecule has 0 radical (unpaired) electrons. The zero-order chi connectivity index (χ0) is 13.8. The summed E-state index contributed by atoms with van der Waals surface area (Å²) in [7, 11) is -1.31. The molecule has 0 aliphatic heterocycles. The van der Waals surface area contributed by atoms with Crippen molar-refractivity contribution in [3.05, 3.63) is 29.8 Å². The Morgan fingerprint density at radius 2 is 1.67 bits per heavy atom. The van der Waals surface area contributed by atoms with Crippen molar-refractivity contribution in [3.63, 3.8) is 0 Å². The molecule has 0 aromatic heterocycles. The van der Waals surface area contributed by atoms with Gasteiger partial charge in [0.2, 0.25) is 0 Å². The first-order chi connectivity index (χ1) is 8.36. The quantitative estimate of drug-likeness (QED) is 0.863. The SMILES string of the molecule is CNC(C)CCS(=O)(=O)c1ccc(C(C)C)cc1. The Bertz CT molecular complexity index is 463. The molecule has 4 heteroatoms. The molecule has 0 spiro atoms. The number of hydrogen-bond acceptors (Lipinski definition) is 3. The molecule has 0 fully saturated rings. The molecule has 1 N–H and O–H groups in total. The molecular formula is C14H23NO2S. The van der Waals surface area contributed by atoms with Crippen LogP contribution >= 0.6 is 0 Å². The fourth-order valence-corrected chi connectivity index (χ4v) is 3.10. The third-order valence-corrected chi connectivity index (χ3v) is 4.98. The van der Waals surface area contributed by atoms with Gasteiger partial charge in [0.1, 0.15) is 0 Å². The second-order valence-electron chi connectivity index (χ2n) is 5.02. The van der Waals surface area contributed by atoms with E-state index in [0.29, 0.717) is 17.2 Å². The molecule has 1 atom stereocenters. The lowest BCUT2D eigenvalue weighted by Gasteiger charge is -2.11. The van der Waals surface area contributed by atoms with E-state index >= 15 is 0 Å². The molecule has 102 valence electrons. The molecule has 1 unspecified atom stereocenters. The predicted molar refractivity (Wildman–Crippen MR) is 75.7 cm³/mol. The molecule has 0 aliphatic rings. The van der Waals surface area contributed by atoms with Gasteiger partial charge >= 0.3 is 0 Å². The minimum Gasteiger partial charge on any atom is -0.317 e. The van der Waals surface area contributed by atoms with Gasteiger partial charge in [-0.1, -0.05) is 26.0 Å². The summed E-state index contributed by atoms with van der Waals surface area (Å²) in [6.07, 6.45) is 0.630. The van der Waals surface area contributed by atoms with Gasteiger partial charge in [0.15, 0.2) is 9.84 Å². The van der Waals surface area contributed by atoms with Crippen LogP contribution in [0, 0.1) is 0 Å². The van der Waals surface area contributed by atoms with Crippen molar-refractivity contribution in [1.82, 2.24) is 5.32 Å². The van der Waals surface area contributed by atoms with Crippen LogP contribution in [0.25, 0.3) is 0 Å². The van der Waals surface area contributed by atoms with Crippen molar-refractivity contribution >= 4 is 9.84 Å². The third-order valence-electron chi connectivity index (χ3n) is 3.22. The summed E-state index contributed by atoms with van der Waals surface area (Å²) < 4.78 is 24.2. The molecule has 1 rings (SSSR count). The average Bonchev–Trinajstić information content (AvgIpc) is 2.36. The Morgan fingerprint density at radius 3 is 2.11 bits per heavy atom. The van der Waals surface area contributed by atoms with Crippen molar-refractivity contribution in [2.75, 3.05) is 12.8 Å². The highest BCUT2D eigenvalue weighted by molar-refractivity contribution is 7.91. The van der Waals surface area contributed by atoms with Crippen LogP contribution in [0.3, 0.4) is 0 Å². The van der Waals surface area contributed by atoms with Crippen LogP contribution in [0.1, 0.15) is 38.7 Å².